The van der Waals surface area contributed by atoms with Crippen LogP contribution in [0.1, 0.15) is 44.4 Å². The van der Waals surface area contributed by atoms with E-state index in [0.717, 1.165) is 0 Å². The van der Waals surface area contributed by atoms with Crippen molar-refractivity contribution in [1.82, 2.24) is 0 Å². The minimum Gasteiger partial charge on any atom is -0.0703 e. The Labute approximate surface area is 156 Å². The molecule has 0 aromatic heterocycles. The zero-order chi connectivity index (χ0) is 18.7. The molecule has 2 atom stereocenters. The fourth-order valence-electron chi connectivity index (χ4n) is 5.50. The van der Waals surface area contributed by atoms with Gasteiger partial charge in [0.15, 0.2) is 0 Å². The van der Waals surface area contributed by atoms with Gasteiger partial charge in [0.25, 0.3) is 0 Å². The van der Waals surface area contributed by atoms with Crippen molar-refractivity contribution in [3.05, 3.63) is 57.3 Å². The van der Waals surface area contributed by atoms with Crippen molar-refractivity contribution in [1.29, 1.82) is 0 Å². The van der Waals surface area contributed by atoms with E-state index in [0.29, 0.717) is 11.5 Å². The summed E-state index contributed by atoms with van der Waals surface area (Å²) in [6.07, 6.45) is 4.96. The molecule has 2 aliphatic carbocycles. The Morgan fingerprint density at radius 3 is 2.00 bits per heavy atom. The van der Waals surface area contributed by atoms with Gasteiger partial charge in [-0.25, -0.2) is 0 Å². The number of allylic oxidation sites excluding steroid dienone is 5. The summed E-state index contributed by atoms with van der Waals surface area (Å²) in [6.45, 7) is 22.1. The highest BCUT2D eigenvalue weighted by Crippen LogP contribution is 2.49. The summed E-state index contributed by atoms with van der Waals surface area (Å²) in [7, 11) is -2.96. The Bertz CT molecular complexity index is 813. The minimum absolute atomic E-state index is 0.624. The monoisotopic (exact) mass is 366 g/mol. The quantitative estimate of drug-likeness (QED) is 0.541. The molecule has 134 valence electrons. The van der Waals surface area contributed by atoms with Gasteiger partial charge < -0.3 is 0 Å². The first-order chi connectivity index (χ1) is 11.5. The van der Waals surface area contributed by atoms with Crippen molar-refractivity contribution in [2.24, 2.45) is 5.92 Å². The van der Waals surface area contributed by atoms with Crippen LogP contribution in [0, 0.1) is 5.92 Å². The lowest BCUT2D eigenvalue weighted by Crippen LogP contribution is -2.42. The molecule has 0 bridgehead atoms. The van der Waals surface area contributed by atoms with Crippen molar-refractivity contribution < 1.29 is 0 Å². The smallest absolute Gasteiger partial charge is 0.0703 e. The third-order valence-corrected chi connectivity index (χ3v) is 13.0. The summed E-state index contributed by atoms with van der Waals surface area (Å²) in [4.78, 5) is 0. The molecule has 0 N–H and O–H groups in total. The maximum Gasteiger partial charge on any atom is 0.0883 e. The molecule has 1 aromatic carbocycles. The van der Waals surface area contributed by atoms with E-state index in [4.69, 9.17) is 0 Å². The van der Waals surface area contributed by atoms with Gasteiger partial charge in [0.05, 0.1) is 16.1 Å². The molecule has 2 unspecified atom stereocenters. The molecule has 0 saturated carbocycles. The van der Waals surface area contributed by atoms with Crippen LogP contribution in [-0.4, -0.2) is 16.1 Å². The zero-order valence-corrected chi connectivity index (χ0v) is 19.5. The number of rotatable bonds is 3. The number of hydrogen-bond acceptors (Lipinski definition) is 0. The standard InChI is InChI=1S/C23H34Si2/c1-15-13-16(2)22(18(15)4)25(8,9)23-17(3)14-20-19(23)11-10-12-21(20)24(5,6)7/h10-14,18,23H,1-9H3. The summed E-state index contributed by atoms with van der Waals surface area (Å²) < 4.78 is 0. The van der Waals surface area contributed by atoms with Crippen LogP contribution >= 0.6 is 0 Å². The predicted octanol–water partition coefficient (Wildman–Crippen LogP) is 6.43. The van der Waals surface area contributed by atoms with Crippen LogP contribution in [0.2, 0.25) is 32.7 Å². The van der Waals surface area contributed by atoms with Crippen molar-refractivity contribution in [3.63, 3.8) is 0 Å². The Balaban J connectivity index is 2.14. The van der Waals surface area contributed by atoms with Gasteiger partial charge in [0.1, 0.15) is 0 Å². The predicted molar refractivity (Wildman–Crippen MR) is 119 cm³/mol. The lowest BCUT2D eigenvalue weighted by molar-refractivity contribution is 0.842. The van der Waals surface area contributed by atoms with Gasteiger partial charge in [0.2, 0.25) is 0 Å². The van der Waals surface area contributed by atoms with Gasteiger partial charge in [-0.2, -0.15) is 0 Å². The summed E-state index contributed by atoms with van der Waals surface area (Å²) >= 11 is 0. The van der Waals surface area contributed by atoms with E-state index < -0.39 is 16.1 Å². The van der Waals surface area contributed by atoms with Crippen LogP contribution in [0.3, 0.4) is 0 Å². The van der Waals surface area contributed by atoms with Gasteiger partial charge in [0, 0.05) is 5.54 Å². The van der Waals surface area contributed by atoms with Crippen molar-refractivity contribution >= 4 is 27.4 Å². The van der Waals surface area contributed by atoms with Crippen LogP contribution in [0.4, 0.5) is 0 Å². The summed E-state index contributed by atoms with van der Waals surface area (Å²) in [6, 6.07) is 7.13. The normalized spacial score (nSPS) is 23.7. The van der Waals surface area contributed by atoms with Crippen molar-refractivity contribution in [2.75, 3.05) is 0 Å². The molecule has 0 fully saturated rings. The van der Waals surface area contributed by atoms with E-state index in [-0.39, 0.29) is 0 Å². The van der Waals surface area contributed by atoms with Gasteiger partial charge in [-0.15, -0.1) is 0 Å². The van der Waals surface area contributed by atoms with E-state index in [2.05, 4.69) is 90.8 Å². The molecular formula is C23H34Si2. The van der Waals surface area contributed by atoms with Crippen LogP contribution in [0.25, 0.3) is 6.08 Å². The van der Waals surface area contributed by atoms with Crippen LogP contribution in [0.15, 0.2) is 46.2 Å². The molecule has 3 rings (SSSR count). The highest BCUT2D eigenvalue weighted by Gasteiger charge is 2.44. The zero-order valence-electron chi connectivity index (χ0n) is 17.5. The lowest BCUT2D eigenvalue weighted by Gasteiger charge is -2.37. The summed E-state index contributed by atoms with van der Waals surface area (Å²) in [5.74, 6) is 0.624. The first-order valence-corrected chi connectivity index (χ1v) is 16.2. The third-order valence-electron chi connectivity index (χ3n) is 6.49. The molecule has 0 nitrogen and oxygen atoms in total. The maximum atomic E-state index is 2.60. The van der Waals surface area contributed by atoms with Gasteiger partial charge >= 0.3 is 0 Å². The van der Waals surface area contributed by atoms with Gasteiger partial charge in [-0.3, -0.25) is 0 Å². The van der Waals surface area contributed by atoms with Gasteiger partial charge in [-0.1, -0.05) is 97.1 Å². The van der Waals surface area contributed by atoms with E-state index in [9.17, 15) is 0 Å². The van der Waals surface area contributed by atoms with Crippen molar-refractivity contribution in [2.45, 2.75) is 66.0 Å². The molecule has 0 saturated heterocycles. The number of hydrogen-bond donors (Lipinski definition) is 0. The number of benzene rings is 1. The third kappa shape index (κ3) is 2.88. The van der Waals surface area contributed by atoms with E-state index in [1.54, 1.807) is 38.2 Å². The molecule has 2 aliphatic rings. The molecule has 2 heteroatoms. The first-order valence-electron chi connectivity index (χ1n) is 9.67. The fourth-order valence-corrected chi connectivity index (χ4v) is 12.1. The van der Waals surface area contributed by atoms with Crippen LogP contribution < -0.4 is 5.19 Å². The number of fused-ring (bicyclic) bond motifs is 1. The highest BCUT2D eigenvalue weighted by molar-refractivity contribution is 6.89. The SMILES string of the molecule is CC1=CC(C)=C([Si](C)(C)C2C(C)=Cc3c2cccc3[Si](C)(C)C)C1C. The van der Waals surface area contributed by atoms with Crippen LogP contribution in [0.5, 0.6) is 0 Å². The molecule has 0 spiro atoms. The second-order valence-electron chi connectivity index (χ2n) is 9.81. The fraction of sp³-hybridized carbons (Fsp3) is 0.478. The summed E-state index contributed by atoms with van der Waals surface area (Å²) in [5, 5.41) is 3.41. The topological polar surface area (TPSA) is 0 Å². The molecular weight excluding hydrogens is 332 g/mol. The molecule has 0 radical (unpaired) electrons. The molecule has 25 heavy (non-hydrogen) atoms. The highest BCUT2D eigenvalue weighted by atomic mass is 28.3. The Kier molecular flexibility index (Phi) is 4.44. The maximum absolute atomic E-state index is 2.60. The second kappa shape index (κ2) is 5.95. The van der Waals surface area contributed by atoms with Gasteiger partial charge in [-0.05, 0) is 37.8 Å². The second-order valence-corrected chi connectivity index (χ2v) is 19.4. The van der Waals surface area contributed by atoms with E-state index in [1.165, 1.54) is 0 Å². The molecule has 0 amide bonds. The van der Waals surface area contributed by atoms with E-state index >= 15 is 0 Å². The summed E-state index contributed by atoms with van der Waals surface area (Å²) in [5.41, 5.74) is 8.50. The average molecular weight is 367 g/mol. The Hall–Kier alpha value is -1.13. The molecule has 0 heterocycles. The minimum atomic E-state index is -1.63. The largest absolute Gasteiger partial charge is 0.0883 e. The van der Waals surface area contributed by atoms with Crippen LogP contribution in [-0.2, 0) is 0 Å². The lowest BCUT2D eigenvalue weighted by atomic mass is 10.1. The Morgan fingerprint density at radius 1 is 0.840 bits per heavy atom. The Morgan fingerprint density at radius 2 is 1.48 bits per heavy atom. The van der Waals surface area contributed by atoms with E-state index in [1.807, 2.05) is 0 Å². The van der Waals surface area contributed by atoms with Crippen molar-refractivity contribution in [3.8, 4) is 0 Å². The molecule has 0 aliphatic heterocycles. The first kappa shape index (κ1) is 18.7. The molecule has 1 aromatic rings. The average Bonchev–Trinajstić information content (AvgIpc) is 2.93.